The highest BCUT2D eigenvalue weighted by atomic mass is 32.1. The van der Waals surface area contributed by atoms with Gasteiger partial charge in [0.1, 0.15) is 4.83 Å². The van der Waals surface area contributed by atoms with Crippen molar-refractivity contribution in [3.05, 3.63) is 27.1 Å². The number of hydrogen-bond donors (Lipinski definition) is 1. The van der Waals surface area contributed by atoms with E-state index in [1.54, 1.807) is 17.7 Å². The average Bonchev–Trinajstić information content (AvgIpc) is 3.36. The first-order chi connectivity index (χ1) is 12.6. The summed E-state index contributed by atoms with van der Waals surface area (Å²) >= 11 is 1.61. The fourth-order valence-electron chi connectivity index (χ4n) is 3.92. The Labute approximate surface area is 157 Å². The number of rotatable bonds is 5. The molecule has 1 N–H and O–H groups in total. The Morgan fingerprint density at radius 2 is 2.04 bits per heavy atom. The summed E-state index contributed by atoms with van der Waals surface area (Å²) in [5, 5.41) is 3.85. The van der Waals surface area contributed by atoms with Gasteiger partial charge in [-0.25, -0.2) is 4.98 Å². The fraction of sp³-hybridized carbons (Fsp3) is 0.632. The van der Waals surface area contributed by atoms with Crippen LogP contribution in [0.2, 0.25) is 0 Å². The predicted octanol–water partition coefficient (Wildman–Crippen LogP) is 2.24. The standard InChI is InChI=1S/C19H26N4O2S/c1-3-15-12(2)26-18-17(15)19(25)23(11-20-18)14-6-8-22(9-7-14)10-16(24)21-13-4-5-13/h11,13-14H,3-10H2,1-2H3,(H,21,24). The number of aryl methyl sites for hydroxylation is 2. The van der Waals surface area contributed by atoms with Gasteiger partial charge in [0, 0.05) is 30.1 Å². The second-order valence-electron chi connectivity index (χ2n) is 7.48. The van der Waals surface area contributed by atoms with Crippen LogP contribution in [0.4, 0.5) is 0 Å². The molecule has 1 saturated heterocycles. The maximum absolute atomic E-state index is 13.1. The first kappa shape index (κ1) is 17.7. The molecule has 1 amide bonds. The lowest BCUT2D eigenvalue weighted by atomic mass is 10.0. The molecular formula is C19H26N4O2S. The van der Waals surface area contributed by atoms with Gasteiger partial charge in [-0.2, -0.15) is 0 Å². The first-order valence-electron chi connectivity index (χ1n) is 9.57. The summed E-state index contributed by atoms with van der Waals surface area (Å²) < 4.78 is 1.83. The molecule has 0 atom stereocenters. The van der Waals surface area contributed by atoms with Crippen molar-refractivity contribution in [3.8, 4) is 0 Å². The molecule has 0 spiro atoms. The molecule has 1 aliphatic heterocycles. The molecule has 140 valence electrons. The topological polar surface area (TPSA) is 67.2 Å². The number of fused-ring (bicyclic) bond motifs is 1. The van der Waals surface area contributed by atoms with Crippen LogP contribution < -0.4 is 10.9 Å². The highest BCUT2D eigenvalue weighted by Crippen LogP contribution is 2.28. The quantitative estimate of drug-likeness (QED) is 0.872. The zero-order valence-corrected chi connectivity index (χ0v) is 16.3. The Balaban J connectivity index is 1.46. The van der Waals surface area contributed by atoms with Crippen LogP contribution in [0, 0.1) is 6.92 Å². The maximum Gasteiger partial charge on any atom is 0.262 e. The Morgan fingerprint density at radius 3 is 2.69 bits per heavy atom. The molecule has 7 heteroatoms. The van der Waals surface area contributed by atoms with E-state index in [1.807, 2.05) is 4.57 Å². The molecule has 6 nitrogen and oxygen atoms in total. The average molecular weight is 375 g/mol. The molecule has 0 radical (unpaired) electrons. The first-order valence-corrected chi connectivity index (χ1v) is 10.4. The number of piperidine rings is 1. The third-order valence-electron chi connectivity index (χ3n) is 5.55. The van der Waals surface area contributed by atoms with Crippen molar-refractivity contribution in [2.45, 2.75) is 58.0 Å². The monoisotopic (exact) mass is 374 g/mol. The minimum absolute atomic E-state index is 0.0983. The van der Waals surface area contributed by atoms with Gasteiger partial charge in [0.05, 0.1) is 18.3 Å². The van der Waals surface area contributed by atoms with Gasteiger partial charge in [0.25, 0.3) is 5.56 Å². The van der Waals surface area contributed by atoms with Crippen molar-refractivity contribution in [1.29, 1.82) is 0 Å². The van der Waals surface area contributed by atoms with Gasteiger partial charge in [0.15, 0.2) is 0 Å². The van der Waals surface area contributed by atoms with Crippen LogP contribution in [0.15, 0.2) is 11.1 Å². The third-order valence-corrected chi connectivity index (χ3v) is 6.61. The van der Waals surface area contributed by atoms with E-state index in [-0.39, 0.29) is 17.5 Å². The molecule has 2 aromatic heterocycles. The Bertz CT molecular complexity index is 876. The summed E-state index contributed by atoms with van der Waals surface area (Å²) in [5.41, 5.74) is 1.24. The van der Waals surface area contributed by atoms with Gasteiger partial charge < -0.3 is 5.32 Å². The zero-order chi connectivity index (χ0) is 18.3. The van der Waals surface area contributed by atoms with Crippen molar-refractivity contribution >= 4 is 27.5 Å². The highest BCUT2D eigenvalue weighted by molar-refractivity contribution is 7.18. The SMILES string of the molecule is CCc1c(C)sc2ncn(C3CCN(CC(=O)NC4CC4)CC3)c(=O)c12. The second-order valence-corrected chi connectivity index (χ2v) is 8.68. The maximum atomic E-state index is 13.1. The summed E-state index contributed by atoms with van der Waals surface area (Å²) in [5.74, 6) is 0.132. The normalized spacial score (nSPS) is 19.2. The summed E-state index contributed by atoms with van der Waals surface area (Å²) in [6.45, 7) is 6.32. The number of nitrogens with zero attached hydrogens (tertiary/aromatic N) is 3. The van der Waals surface area contributed by atoms with Crippen LogP contribution in [-0.4, -0.2) is 46.0 Å². The summed E-state index contributed by atoms with van der Waals surface area (Å²) in [4.78, 5) is 33.8. The van der Waals surface area contributed by atoms with Crippen LogP contribution in [0.3, 0.4) is 0 Å². The lowest BCUT2D eigenvalue weighted by Gasteiger charge is -2.32. The Morgan fingerprint density at radius 1 is 1.31 bits per heavy atom. The Hall–Kier alpha value is -1.73. The summed E-state index contributed by atoms with van der Waals surface area (Å²) in [6, 6.07) is 0.588. The lowest BCUT2D eigenvalue weighted by Crippen LogP contribution is -2.43. The van der Waals surface area contributed by atoms with E-state index in [9.17, 15) is 9.59 Å². The summed E-state index contributed by atoms with van der Waals surface area (Å²) in [7, 11) is 0. The minimum Gasteiger partial charge on any atom is -0.352 e. The van der Waals surface area contributed by atoms with Crippen LogP contribution in [-0.2, 0) is 11.2 Å². The molecule has 4 rings (SSSR count). The minimum atomic E-state index is 0.0983. The predicted molar refractivity (Wildman–Crippen MR) is 104 cm³/mol. The van der Waals surface area contributed by atoms with Crippen LogP contribution in [0.25, 0.3) is 10.2 Å². The molecule has 1 aliphatic carbocycles. The van der Waals surface area contributed by atoms with Crippen molar-refractivity contribution in [2.24, 2.45) is 0 Å². The van der Waals surface area contributed by atoms with Crippen LogP contribution in [0.5, 0.6) is 0 Å². The van der Waals surface area contributed by atoms with Gasteiger partial charge in [0.2, 0.25) is 5.91 Å². The van der Waals surface area contributed by atoms with Gasteiger partial charge in [-0.05, 0) is 44.6 Å². The van der Waals surface area contributed by atoms with E-state index in [0.29, 0.717) is 12.6 Å². The number of thiophene rings is 1. The number of hydrogen-bond acceptors (Lipinski definition) is 5. The second kappa shape index (κ2) is 7.12. The fourth-order valence-corrected chi connectivity index (χ4v) is 4.99. The number of carbonyl (C=O) groups is 1. The van der Waals surface area contributed by atoms with Crippen LogP contribution >= 0.6 is 11.3 Å². The molecule has 2 fully saturated rings. The van der Waals surface area contributed by atoms with E-state index in [2.05, 4.69) is 29.0 Å². The smallest absolute Gasteiger partial charge is 0.262 e. The Kier molecular flexibility index (Phi) is 4.84. The number of carbonyl (C=O) groups excluding carboxylic acids is 1. The largest absolute Gasteiger partial charge is 0.352 e. The lowest BCUT2D eigenvalue weighted by molar-refractivity contribution is -0.122. The van der Waals surface area contributed by atoms with Crippen molar-refractivity contribution < 1.29 is 4.79 Å². The van der Waals surface area contributed by atoms with Crippen molar-refractivity contribution in [2.75, 3.05) is 19.6 Å². The molecular weight excluding hydrogens is 348 g/mol. The molecule has 0 aromatic carbocycles. The molecule has 26 heavy (non-hydrogen) atoms. The van der Waals surface area contributed by atoms with E-state index < -0.39 is 0 Å². The molecule has 3 heterocycles. The number of aromatic nitrogens is 2. The third kappa shape index (κ3) is 3.42. The molecule has 0 bridgehead atoms. The molecule has 2 aliphatic rings. The van der Waals surface area contributed by atoms with E-state index in [0.717, 1.165) is 61.0 Å². The molecule has 0 unspecified atom stereocenters. The van der Waals surface area contributed by atoms with E-state index in [4.69, 9.17) is 0 Å². The molecule has 2 aromatic rings. The van der Waals surface area contributed by atoms with Gasteiger partial charge in [-0.1, -0.05) is 6.92 Å². The van der Waals surface area contributed by atoms with Crippen molar-refractivity contribution in [3.63, 3.8) is 0 Å². The number of nitrogens with one attached hydrogen (secondary N) is 1. The zero-order valence-electron chi connectivity index (χ0n) is 15.5. The van der Waals surface area contributed by atoms with Gasteiger partial charge >= 0.3 is 0 Å². The number of likely N-dealkylation sites (tertiary alicyclic amines) is 1. The van der Waals surface area contributed by atoms with Gasteiger partial charge in [-0.15, -0.1) is 11.3 Å². The summed E-state index contributed by atoms with van der Waals surface area (Å²) in [6.07, 6.45) is 6.59. The van der Waals surface area contributed by atoms with E-state index in [1.165, 1.54) is 4.88 Å². The van der Waals surface area contributed by atoms with Crippen LogP contribution in [0.1, 0.15) is 49.1 Å². The van der Waals surface area contributed by atoms with E-state index >= 15 is 0 Å². The number of amides is 1. The highest BCUT2D eigenvalue weighted by Gasteiger charge is 2.27. The van der Waals surface area contributed by atoms with Crippen molar-refractivity contribution in [1.82, 2.24) is 19.8 Å². The van der Waals surface area contributed by atoms with Gasteiger partial charge in [-0.3, -0.25) is 19.1 Å². The molecule has 1 saturated carbocycles.